The lowest BCUT2D eigenvalue weighted by Gasteiger charge is -2.42. The molecule has 6 rings (SSSR count). The van der Waals surface area contributed by atoms with Gasteiger partial charge in [-0.05, 0) is 48.9 Å². The van der Waals surface area contributed by atoms with Gasteiger partial charge in [0.25, 0.3) is 0 Å². The highest BCUT2D eigenvalue weighted by Gasteiger charge is 2.37. The first-order chi connectivity index (χ1) is 22.7. The Morgan fingerprint density at radius 1 is 0.723 bits per heavy atom. The second-order valence-corrected chi connectivity index (χ2v) is 13.0. The second kappa shape index (κ2) is 16.2. The predicted octanol–water partition coefficient (Wildman–Crippen LogP) is 3.11. The number of hydrogen-bond donors (Lipinski definition) is 4. The minimum Gasteiger partial charge on any atom is -0.396 e. The number of nitrogens with zero attached hydrogens (tertiary/aromatic N) is 5. The van der Waals surface area contributed by atoms with Crippen LogP contribution in [0.15, 0.2) is 48.1 Å². The van der Waals surface area contributed by atoms with Gasteiger partial charge in [0.05, 0.1) is 37.2 Å². The fraction of sp³-hybridized carbons (Fsp3) is 0.486. The minimum absolute atomic E-state index is 0.0466. The Balaban J connectivity index is 0.000000177. The van der Waals surface area contributed by atoms with Crippen molar-refractivity contribution in [3.05, 3.63) is 70.3 Å². The molecule has 248 valence electrons. The van der Waals surface area contributed by atoms with E-state index in [4.69, 9.17) is 27.1 Å². The van der Waals surface area contributed by atoms with E-state index < -0.39 is 5.41 Å². The van der Waals surface area contributed by atoms with E-state index in [2.05, 4.69) is 16.0 Å². The summed E-state index contributed by atoms with van der Waals surface area (Å²) in [4.78, 5) is 33.7. The van der Waals surface area contributed by atoms with Crippen LogP contribution >= 0.6 is 11.6 Å². The van der Waals surface area contributed by atoms with Gasteiger partial charge in [0.2, 0.25) is 0 Å². The molecule has 0 spiro atoms. The fourth-order valence-electron chi connectivity index (χ4n) is 6.42. The molecule has 1 aliphatic heterocycles. The van der Waals surface area contributed by atoms with Crippen LogP contribution in [-0.4, -0.2) is 86.4 Å². The van der Waals surface area contributed by atoms with Crippen LogP contribution in [0.5, 0.6) is 0 Å². The van der Waals surface area contributed by atoms with Crippen LogP contribution in [0, 0.1) is 33.5 Å². The number of rotatable bonds is 5. The highest BCUT2D eigenvalue weighted by molar-refractivity contribution is 6.52. The summed E-state index contributed by atoms with van der Waals surface area (Å²) in [6.07, 6.45) is 13.8. The summed E-state index contributed by atoms with van der Waals surface area (Å²) in [7, 11) is 0. The summed E-state index contributed by atoms with van der Waals surface area (Å²) < 4.78 is 0. The van der Waals surface area contributed by atoms with Gasteiger partial charge in [-0.15, -0.1) is 0 Å². The zero-order valence-electron chi connectivity index (χ0n) is 26.3. The van der Waals surface area contributed by atoms with Crippen LogP contribution < -0.4 is 0 Å². The molecule has 1 saturated carbocycles. The van der Waals surface area contributed by atoms with Crippen molar-refractivity contribution in [3.63, 3.8) is 0 Å². The van der Waals surface area contributed by atoms with E-state index in [-0.39, 0.29) is 72.4 Å². The SMILES string of the molecule is N#CC1=C(Cl)c2ccncc2CC1=O.N#CC1=C(N2CCC(CO)(CO)CC2)c2ccncc2CC1=O.OCC1(CO)CCCCC1. The summed E-state index contributed by atoms with van der Waals surface area (Å²) in [6, 6.07) is 7.43. The molecule has 0 bridgehead atoms. The smallest absolute Gasteiger partial charge is 0.179 e. The number of carbonyl (C=O) groups is 2. The zero-order chi connectivity index (χ0) is 34.0. The van der Waals surface area contributed by atoms with Gasteiger partial charge in [-0.25, -0.2) is 0 Å². The molecule has 11 nitrogen and oxygen atoms in total. The molecular formula is C35H40ClN5O6. The number of likely N-dealkylation sites (tertiary alicyclic amines) is 1. The number of piperidine rings is 1. The second-order valence-electron chi connectivity index (χ2n) is 12.6. The van der Waals surface area contributed by atoms with Crippen LogP contribution in [0.3, 0.4) is 0 Å². The number of Topliss-reactive ketones (excluding diaryl/α,β-unsaturated/α-hetero) is 2. The van der Waals surface area contributed by atoms with E-state index in [0.29, 0.717) is 31.6 Å². The van der Waals surface area contributed by atoms with Crippen molar-refractivity contribution >= 4 is 33.9 Å². The molecule has 0 atom stereocenters. The molecule has 3 heterocycles. The standard InChI is InChI=1S/C17H19N3O3.C10H5ClN2O.C8H16O2/c18-8-14-15(23)7-12-9-19-4-1-13(12)16(14)20-5-2-17(10-21,11-22)3-6-20;11-10-7-1-2-13-5-6(7)3-9(14)8(10)4-12;9-6-8(7-10)4-2-1-3-5-8/h1,4,9,21-22H,2-3,5-7,10-11H2;1-2,5H,3H2;9-10H,1-7H2. The maximum atomic E-state index is 12.3. The molecule has 2 aromatic rings. The number of carbonyl (C=O) groups excluding carboxylic acids is 2. The number of aromatic nitrogens is 2. The number of nitriles is 2. The maximum Gasteiger partial charge on any atom is 0.179 e. The monoisotopic (exact) mass is 661 g/mol. The molecule has 12 heteroatoms. The summed E-state index contributed by atoms with van der Waals surface area (Å²) >= 11 is 5.92. The topological polar surface area (TPSA) is 192 Å². The molecule has 3 aliphatic carbocycles. The Bertz CT molecular complexity index is 1600. The number of aliphatic hydroxyl groups is 4. The Morgan fingerprint density at radius 3 is 1.68 bits per heavy atom. The van der Waals surface area contributed by atoms with Crippen LogP contribution in [-0.2, 0) is 22.4 Å². The average molecular weight is 662 g/mol. The minimum atomic E-state index is -0.469. The molecule has 0 radical (unpaired) electrons. The first-order valence-corrected chi connectivity index (χ1v) is 16.1. The van der Waals surface area contributed by atoms with Gasteiger partial charge in [-0.1, -0.05) is 30.9 Å². The summed E-state index contributed by atoms with van der Waals surface area (Å²) in [5.41, 5.74) is 3.56. The number of pyridine rings is 2. The lowest BCUT2D eigenvalue weighted by molar-refractivity contribution is -0.115. The molecule has 47 heavy (non-hydrogen) atoms. The normalized spacial score (nSPS) is 19.6. The van der Waals surface area contributed by atoms with Crippen molar-refractivity contribution in [2.45, 2.75) is 57.8 Å². The van der Waals surface area contributed by atoms with Crippen molar-refractivity contribution in [2.75, 3.05) is 39.5 Å². The predicted molar refractivity (Wildman–Crippen MR) is 174 cm³/mol. The van der Waals surface area contributed by atoms with Crippen LogP contribution in [0.4, 0.5) is 0 Å². The Kier molecular flexibility index (Phi) is 12.4. The van der Waals surface area contributed by atoms with Crippen molar-refractivity contribution in [1.29, 1.82) is 10.5 Å². The quantitative estimate of drug-likeness (QED) is 0.368. The van der Waals surface area contributed by atoms with Crippen LogP contribution in [0.25, 0.3) is 10.7 Å². The van der Waals surface area contributed by atoms with Gasteiger partial charge in [0, 0.05) is 72.7 Å². The van der Waals surface area contributed by atoms with Gasteiger partial charge >= 0.3 is 0 Å². The molecule has 1 saturated heterocycles. The number of ketones is 2. The molecule has 0 unspecified atom stereocenters. The average Bonchev–Trinajstić information content (AvgIpc) is 3.12. The van der Waals surface area contributed by atoms with Gasteiger partial charge in [-0.3, -0.25) is 19.6 Å². The molecule has 0 aromatic carbocycles. The van der Waals surface area contributed by atoms with Gasteiger partial charge < -0.3 is 25.3 Å². The fourth-order valence-corrected chi connectivity index (χ4v) is 6.75. The van der Waals surface area contributed by atoms with E-state index in [1.54, 1.807) is 30.9 Å². The molecular weight excluding hydrogens is 622 g/mol. The number of allylic oxidation sites excluding steroid dienone is 2. The number of aliphatic hydroxyl groups excluding tert-OH is 4. The third-order valence-corrected chi connectivity index (χ3v) is 10.0. The van der Waals surface area contributed by atoms with Crippen molar-refractivity contribution in [1.82, 2.24) is 14.9 Å². The van der Waals surface area contributed by atoms with E-state index in [1.165, 1.54) is 19.3 Å². The number of halogens is 1. The third-order valence-electron chi connectivity index (χ3n) is 9.63. The van der Waals surface area contributed by atoms with Gasteiger partial charge in [0.1, 0.15) is 23.3 Å². The molecule has 4 aliphatic rings. The number of hydrogen-bond acceptors (Lipinski definition) is 11. The van der Waals surface area contributed by atoms with E-state index >= 15 is 0 Å². The van der Waals surface area contributed by atoms with E-state index in [0.717, 1.165) is 35.1 Å². The van der Waals surface area contributed by atoms with Crippen LogP contribution in [0.2, 0.25) is 0 Å². The van der Waals surface area contributed by atoms with Crippen LogP contribution in [0.1, 0.15) is 67.2 Å². The van der Waals surface area contributed by atoms with E-state index in [1.807, 2.05) is 17.0 Å². The summed E-state index contributed by atoms with van der Waals surface area (Å²) in [6.45, 7) is 1.39. The largest absolute Gasteiger partial charge is 0.396 e. The lowest BCUT2D eigenvalue weighted by Crippen LogP contribution is -2.44. The van der Waals surface area contributed by atoms with E-state index in [9.17, 15) is 25.1 Å². The summed E-state index contributed by atoms with van der Waals surface area (Å²) in [5.74, 6) is -0.415. The van der Waals surface area contributed by atoms with Crippen molar-refractivity contribution in [2.24, 2.45) is 10.8 Å². The number of fused-ring (bicyclic) bond motifs is 2. The van der Waals surface area contributed by atoms with Crippen molar-refractivity contribution < 1.29 is 30.0 Å². The molecule has 2 aromatic heterocycles. The molecule has 0 amide bonds. The van der Waals surface area contributed by atoms with Gasteiger partial charge in [0.15, 0.2) is 11.6 Å². The Morgan fingerprint density at radius 2 is 1.19 bits per heavy atom. The highest BCUT2D eigenvalue weighted by atomic mass is 35.5. The first-order valence-electron chi connectivity index (χ1n) is 15.8. The lowest BCUT2D eigenvalue weighted by atomic mass is 9.75. The zero-order valence-corrected chi connectivity index (χ0v) is 27.0. The Hall–Kier alpha value is -3.97. The van der Waals surface area contributed by atoms with Crippen molar-refractivity contribution in [3.8, 4) is 12.1 Å². The maximum absolute atomic E-state index is 12.3. The Labute approximate surface area is 279 Å². The highest BCUT2D eigenvalue weighted by Crippen LogP contribution is 2.38. The first kappa shape index (κ1) is 35.9. The van der Waals surface area contributed by atoms with Gasteiger partial charge in [-0.2, -0.15) is 10.5 Å². The third kappa shape index (κ3) is 7.95. The molecule has 2 fully saturated rings. The molecule has 4 N–H and O–H groups in total. The summed E-state index contributed by atoms with van der Waals surface area (Å²) in [5, 5.41) is 55.4.